The monoisotopic (exact) mass is 631 g/mol. The van der Waals surface area contributed by atoms with Crippen LogP contribution in [0.15, 0.2) is 53.4 Å². The van der Waals surface area contributed by atoms with Crippen LogP contribution < -0.4 is 20.3 Å². The van der Waals surface area contributed by atoms with Gasteiger partial charge in [-0.3, -0.25) is 14.5 Å². The fraction of sp³-hybridized carbons (Fsp3) is 0.553. The van der Waals surface area contributed by atoms with Gasteiger partial charge in [0, 0.05) is 73.8 Å². The van der Waals surface area contributed by atoms with Crippen LogP contribution in [0, 0.1) is 5.92 Å². The van der Waals surface area contributed by atoms with Crippen molar-refractivity contribution in [1.29, 1.82) is 0 Å². The van der Waals surface area contributed by atoms with Crippen LogP contribution in [0.5, 0.6) is 5.75 Å². The molecular weight excluding hydrogens is 574 g/mol. The number of fused-ring (bicyclic) bond motifs is 1. The van der Waals surface area contributed by atoms with E-state index in [0.29, 0.717) is 30.5 Å². The summed E-state index contributed by atoms with van der Waals surface area (Å²) in [5.41, 5.74) is 6.13. The van der Waals surface area contributed by atoms with Gasteiger partial charge in [0.25, 0.3) is 5.91 Å². The molecule has 1 aromatic heterocycles. The Hall–Kier alpha value is -3.65. The predicted octanol–water partition coefficient (Wildman–Crippen LogP) is 7.15. The van der Waals surface area contributed by atoms with Crippen LogP contribution in [0.1, 0.15) is 98.0 Å². The number of nitrogens with one attached hydrogen (secondary N) is 2. The Labute approximate surface area is 277 Å². The van der Waals surface area contributed by atoms with Crippen LogP contribution in [-0.4, -0.2) is 66.6 Å². The third-order valence-corrected chi connectivity index (χ3v) is 9.21. The summed E-state index contributed by atoms with van der Waals surface area (Å²) in [5, 5.41) is 5.84. The van der Waals surface area contributed by atoms with Crippen molar-refractivity contribution in [2.75, 3.05) is 37.6 Å². The topological polar surface area (TPSA) is 86.8 Å². The minimum atomic E-state index is -0.343. The minimum Gasteiger partial charge on any atom is -0.486 e. The number of allylic oxidation sites excluding steroid dienone is 3. The van der Waals surface area contributed by atoms with Crippen LogP contribution >= 0.6 is 0 Å². The highest BCUT2D eigenvalue weighted by atomic mass is 16.5. The van der Waals surface area contributed by atoms with Gasteiger partial charge in [-0.05, 0) is 88.4 Å². The molecule has 3 heterocycles. The third kappa shape index (κ3) is 8.99. The maximum absolute atomic E-state index is 13.6. The Morgan fingerprint density at radius 3 is 2.35 bits per heavy atom. The summed E-state index contributed by atoms with van der Waals surface area (Å²) in [6.45, 7) is 25.4. The molecule has 0 spiro atoms. The lowest BCUT2D eigenvalue weighted by atomic mass is 9.87. The van der Waals surface area contributed by atoms with Gasteiger partial charge in [0.05, 0.1) is 0 Å². The number of nitrogens with zero attached hydrogens (tertiary/aromatic N) is 3. The normalized spacial score (nSPS) is 18.8. The first kappa shape index (κ1) is 36.8. The van der Waals surface area contributed by atoms with Gasteiger partial charge in [0.2, 0.25) is 6.41 Å². The van der Waals surface area contributed by atoms with E-state index in [4.69, 9.17) is 9.72 Å². The van der Waals surface area contributed by atoms with Crippen LogP contribution in [0.25, 0.3) is 11.1 Å². The highest BCUT2D eigenvalue weighted by molar-refractivity contribution is 5.97. The highest BCUT2D eigenvalue weighted by Gasteiger charge is 2.39. The Kier molecular flexibility index (Phi) is 13.4. The van der Waals surface area contributed by atoms with E-state index in [1.54, 1.807) is 0 Å². The van der Waals surface area contributed by atoms with Crippen molar-refractivity contribution in [2.24, 2.45) is 5.92 Å². The SMILES string of the molecule is CC.CCCC(/C=C(/C)NC=O)=C(/C)CNC(=O)c1cc2c(c(-c3ccc(N4CCN(C(C)C)CC4)nc3)c1)OC(C)(C(C)C)C2. The van der Waals surface area contributed by atoms with Gasteiger partial charge < -0.3 is 20.3 Å². The summed E-state index contributed by atoms with van der Waals surface area (Å²) in [6.07, 6.45) is 7.16. The van der Waals surface area contributed by atoms with Crippen LogP contribution in [0.3, 0.4) is 0 Å². The van der Waals surface area contributed by atoms with Crippen LogP contribution in [-0.2, 0) is 11.2 Å². The number of piperazine rings is 1. The molecule has 252 valence electrons. The predicted molar refractivity (Wildman–Crippen MR) is 190 cm³/mol. The number of amides is 2. The third-order valence-electron chi connectivity index (χ3n) is 9.21. The number of carbonyl (C=O) groups is 2. The molecule has 2 N–H and O–H groups in total. The lowest BCUT2D eigenvalue weighted by Crippen LogP contribution is -2.49. The van der Waals surface area contributed by atoms with Crippen molar-refractivity contribution >= 4 is 18.1 Å². The standard InChI is InChI=1S/C36H51N5O3.C2H6/c1-9-10-28(17-27(7)39-23-42)26(6)21-38-35(43)30-18-31-20-36(8,24(2)3)44-34(31)32(19-30)29-11-12-33(37-22-29)41-15-13-40(14-16-41)25(4)5;1-2/h11-12,17-19,22-25H,9-10,13-16,20-21H2,1-8H3,(H,38,43)(H,39,42);1-2H3/b27-17-,28-26+;. The van der Waals surface area contributed by atoms with Gasteiger partial charge in [-0.25, -0.2) is 4.98 Å². The van der Waals surface area contributed by atoms with Crippen molar-refractivity contribution in [3.63, 3.8) is 0 Å². The summed E-state index contributed by atoms with van der Waals surface area (Å²) in [7, 11) is 0. The fourth-order valence-corrected chi connectivity index (χ4v) is 5.96. The lowest BCUT2D eigenvalue weighted by Gasteiger charge is -2.37. The zero-order valence-corrected chi connectivity index (χ0v) is 29.9. The van der Waals surface area contributed by atoms with Gasteiger partial charge in [-0.2, -0.15) is 0 Å². The number of pyridine rings is 1. The van der Waals surface area contributed by atoms with E-state index in [2.05, 4.69) is 74.1 Å². The number of benzene rings is 1. The molecule has 0 aliphatic carbocycles. The molecule has 2 aliphatic rings. The zero-order valence-electron chi connectivity index (χ0n) is 29.9. The number of aromatic nitrogens is 1. The molecule has 1 aromatic carbocycles. The second kappa shape index (κ2) is 16.8. The van der Waals surface area contributed by atoms with Crippen LogP contribution in [0.2, 0.25) is 0 Å². The molecule has 2 amide bonds. The second-order valence-electron chi connectivity index (χ2n) is 13.1. The quantitative estimate of drug-likeness (QED) is 0.191. The molecule has 1 unspecified atom stereocenters. The largest absolute Gasteiger partial charge is 0.486 e. The summed E-state index contributed by atoms with van der Waals surface area (Å²) in [6, 6.07) is 8.69. The highest BCUT2D eigenvalue weighted by Crippen LogP contribution is 2.45. The molecule has 2 aromatic rings. The van der Waals surface area contributed by atoms with Gasteiger partial charge in [-0.15, -0.1) is 0 Å². The smallest absolute Gasteiger partial charge is 0.251 e. The van der Waals surface area contributed by atoms with Gasteiger partial charge in [0.15, 0.2) is 0 Å². The van der Waals surface area contributed by atoms with Crippen molar-refractivity contribution in [3.8, 4) is 16.9 Å². The van der Waals surface area contributed by atoms with Crippen LogP contribution in [0.4, 0.5) is 5.82 Å². The fourth-order valence-electron chi connectivity index (χ4n) is 5.96. The minimum absolute atomic E-state index is 0.123. The molecule has 4 rings (SSSR count). The van der Waals surface area contributed by atoms with Gasteiger partial charge >= 0.3 is 0 Å². The molecule has 0 radical (unpaired) electrons. The van der Waals surface area contributed by atoms with E-state index < -0.39 is 0 Å². The van der Waals surface area contributed by atoms with Gasteiger partial charge in [-0.1, -0.05) is 46.6 Å². The van der Waals surface area contributed by atoms with E-state index >= 15 is 0 Å². The molecule has 2 aliphatic heterocycles. The Balaban J connectivity index is 0.00000282. The molecule has 1 saturated heterocycles. The van der Waals surface area contributed by atoms with E-state index in [1.165, 1.54) is 0 Å². The maximum Gasteiger partial charge on any atom is 0.251 e. The first-order valence-electron chi connectivity index (χ1n) is 17.1. The number of anilines is 1. The maximum atomic E-state index is 13.6. The van der Waals surface area contributed by atoms with Gasteiger partial charge in [0.1, 0.15) is 17.2 Å². The number of carbonyl (C=O) groups excluding carboxylic acids is 2. The molecule has 46 heavy (non-hydrogen) atoms. The average molecular weight is 632 g/mol. The Bertz CT molecular complexity index is 1390. The molecule has 8 nitrogen and oxygen atoms in total. The van der Waals surface area contributed by atoms with E-state index in [9.17, 15) is 9.59 Å². The first-order valence-corrected chi connectivity index (χ1v) is 17.1. The van der Waals surface area contributed by atoms with E-state index in [0.717, 1.165) is 90.5 Å². The molecule has 0 bridgehead atoms. The van der Waals surface area contributed by atoms with E-state index in [-0.39, 0.29) is 11.5 Å². The summed E-state index contributed by atoms with van der Waals surface area (Å²) >= 11 is 0. The van der Waals surface area contributed by atoms with Crippen molar-refractivity contribution in [1.82, 2.24) is 20.5 Å². The molecule has 1 atom stereocenters. The molecule has 8 heteroatoms. The summed E-state index contributed by atoms with van der Waals surface area (Å²) in [4.78, 5) is 34.2. The molecule has 0 saturated carbocycles. The first-order chi connectivity index (χ1) is 21.9. The number of hydrogen-bond donors (Lipinski definition) is 2. The Morgan fingerprint density at radius 2 is 1.78 bits per heavy atom. The second-order valence-corrected chi connectivity index (χ2v) is 13.1. The number of ether oxygens (including phenoxy) is 1. The van der Waals surface area contributed by atoms with Crippen molar-refractivity contribution < 1.29 is 14.3 Å². The lowest BCUT2D eigenvalue weighted by molar-refractivity contribution is -0.108. The summed E-state index contributed by atoms with van der Waals surface area (Å²) in [5.74, 6) is 2.01. The zero-order chi connectivity index (χ0) is 34.0. The number of rotatable bonds is 12. The summed E-state index contributed by atoms with van der Waals surface area (Å²) < 4.78 is 6.65. The Morgan fingerprint density at radius 1 is 1.09 bits per heavy atom. The van der Waals surface area contributed by atoms with Crippen molar-refractivity contribution in [3.05, 3.63) is 64.5 Å². The molecule has 1 fully saturated rings. The average Bonchev–Trinajstić information content (AvgIpc) is 3.41. The van der Waals surface area contributed by atoms with Crippen molar-refractivity contribution in [2.45, 2.75) is 100 Å². The number of hydrogen-bond acceptors (Lipinski definition) is 6. The molecular formula is C38H57N5O3. The van der Waals surface area contributed by atoms with E-state index in [1.807, 2.05) is 52.1 Å².